The molecule has 2 aromatic rings. The molecule has 0 spiro atoms. The van der Waals surface area contributed by atoms with E-state index in [9.17, 15) is 9.59 Å². The molecule has 0 aromatic heterocycles. The SMILES string of the molecule is Nc1c(CC(=O)[O][Al])cccc1C(=O)c1ccccc1.O. The van der Waals surface area contributed by atoms with Crippen LogP contribution in [0, 0.1) is 0 Å². The van der Waals surface area contributed by atoms with E-state index in [0.29, 0.717) is 22.4 Å². The maximum absolute atomic E-state index is 12.4. The summed E-state index contributed by atoms with van der Waals surface area (Å²) in [6, 6.07) is 13.9. The minimum atomic E-state index is -0.425. The first-order valence-corrected chi connectivity index (χ1v) is 6.47. The van der Waals surface area contributed by atoms with E-state index in [-0.39, 0.29) is 17.7 Å². The highest BCUT2D eigenvalue weighted by molar-refractivity contribution is 6.12. The fourth-order valence-electron chi connectivity index (χ4n) is 1.91. The van der Waals surface area contributed by atoms with Gasteiger partial charge in [0, 0.05) is 16.8 Å². The topological polar surface area (TPSA) is 101 Å². The van der Waals surface area contributed by atoms with Gasteiger partial charge in [0.05, 0.1) is 6.42 Å². The number of rotatable bonds is 4. The van der Waals surface area contributed by atoms with Gasteiger partial charge in [-0.05, 0) is 11.6 Å². The van der Waals surface area contributed by atoms with Crippen molar-refractivity contribution in [2.45, 2.75) is 6.42 Å². The van der Waals surface area contributed by atoms with Crippen molar-refractivity contribution in [2.24, 2.45) is 0 Å². The Morgan fingerprint density at radius 1 is 1.05 bits per heavy atom. The van der Waals surface area contributed by atoms with Crippen molar-refractivity contribution in [1.29, 1.82) is 0 Å². The summed E-state index contributed by atoms with van der Waals surface area (Å²) in [6.45, 7) is 0. The van der Waals surface area contributed by atoms with Crippen LogP contribution in [0.15, 0.2) is 48.5 Å². The van der Waals surface area contributed by atoms with E-state index >= 15 is 0 Å². The second-order valence-corrected chi connectivity index (χ2v) is 4.48. The van der Waals surface area contributed by atoms with Crippen LogP contribution in [-0.4, -0.2) is 33.9 Å². The van der Waals surface area contributed by atoms with Gasteiger partial charge in [0.2, 0.25) is 0 Å². The van der Waals surface area contributed by atoms with Crippen molar-refractivity contribution in [2.75, 3.05) is 5.73 Å². The third-order valence-corrected chi connectivity index (χ3v) is 3.21. The Balaban J connectivity index is 0.00000220. The van der Waals surface area contributed by atoms with E-state index in [1.807, 2.05) is 22.7 Å². The molecule has 4 N–H and O–H groups in total. The molecule has 106 valence electrons. The first-order chi connectivity index (χ1) is 9.63. The quantitative estimate of drug-likeness (QED) is 0.513. The lowest BCUT2D eigenvalue weighted by molar-refractivity contribution is -0.133. The van der Waals surface area contributed by atoms with E-state index in [1.54, 1.807) is 42.5 Å². The summed E-state index contributed by atoms with van der Waals surface area (Å²) in [5.41, 5.74) is 7.84. The van der Waals surface area contributed by atoms with Crippen LogP contribution in [0.1, 0.15) is 21.5 Å². The van der Waals surface area contributed by atoms with Crippen molar-refractivity contribution in [3.63, 3.8) is 0 Å². The monoisotopic (exact) mass is 299 g/mol. The van der Waals surface area contributed by atoms with Crippen LogP contribution in [-0.2, 0) is 15.0 Å². The molecule has 2 rings (SSSR count). The van der Waals surface area contributed by atoms with Crippen LogP contribution in [0.4, 0.5) is 5.69 Å². The molecule has 2 aromatic carbocycles. The largest absolute Gasteiger partial charge is 0.628 e. The summed E-state index contributed by atoms with van der Waals surface area (Å²) in [6.07, 6.45) is 0.0330. The number of anilines is 1. The number of nitrogen functional groups attached to an aromatic ring is 1. The van der Waals surface area contributed by atoms with Gasteiger partial charge in [0.15, 0.2) is 5.78 Å². The summed E-state index contributed by atoms with van der Waals surface area (Å²) in [7, 11) is 0. The number of benzene rings is 2. The van der Waals surface area contributed by atoms with E-state index in [4.69, 9.17) is 5.73 Å². The Labute approximate surface area is 130 Å². The van der Waals surface area contributed by atoms with Crippen LogP contribution in [0.3, 0.4) is 0 Å². The summed E-state index contributed by atoms with van der Waals surface area (Å²) in [4.78, 5) is 23.7. The van der Waals surface area contributed by atoms with Crippen molar-refractivity contribution < 1.29 is 18.9 Å². The van der Waals surface area contributed by atoms with Crippen LogP contribution >= 0.6 is 0 Å². The summed E-state index contributed by atoms with van der Waals surface area (Å²) in [5, 5.41) is 0. The van der Waals surface area contributed by atoms with Crippen LogP contribution in [0.2, 0.25) is 0 Å². The maximum atomic E-state index is 12.4. The minimum absolute atomic E-state index is 0. The molecule has 0 fully saturated rings. The molecule has 0 heterocycles. The second-order valence-electron chi connectivity index (χ2n) is 4.24. The molecular formula is C15H14AlNO4. The van der Waals surface area contributed by atoms with Crippen molar-refractivity contribution in [3.8, 4) is 0 Å². The van der Waals surface area contributed by atoms with Gasteiger partial charge in [-0.2, -0.15) is 0 Å². The molecule has 0 aliphatic rings. The maximum Gasteiger partial charge on any atom is 0.484 e. The Morgan fingerprint density at radius 3 is 2.33 bits per heavy atom. The molecule has 0 saturated heterocycles. The zero-order chi connectivity index (χ0) is 14.5. The number of hydrogen-bond donors (Lipinski definition) is 1. The highest BCUT2D eigenvalue weighted by Gasteiger charge is 2.15. The van der Waals surface area contributed by atoms with E-state index in [1.165, 1.54) is 0 Å². The van der Waals surface area contributed by atoms with Gasteiger partial charge in [-0.1, -0.05) is 42.5 Å². The van der Waals surface area contributed by atoms with Gasteiger partial charge in [-0.3, -0.25) is 9.59 Å². The van der Waals surface area contributed by atoms with E-state index in [2.05, 4.69) is 3.79 Å². The van der Waals surface area contributed by atoms with Crippen molar-refractivity contribution >= 4 is 34.1 Å². The zero-order valence-corrected chi connectivity index (χ0v) is 12.4. The lowest BCUT2D eigenvalue weighted by Gasteiger charge is -2.10. The molecule has 0 aliphatic carbocycles. The van der Waals surface area contributed by atoms with Crippen LogP contribution < -0.4 is 5.73 Å². The van der Waals surface area contributed by atoms with Gasteiger partial charge in [-0.25, -0.2) is 0 Å². The molecule has 0 saturated carbocycles. The molecule has 0 unspecified atom stereocenters. The van der Waals surface area contributed by atoms with E-state index < -0.39 is 5.97 Å². The molecule has 0 atom stereocenters. The molecule has 0 aliphatic heterocycles. The first kappa shape index (κ1) is 16.9. The molecule has 5 nitrogen and oxygen atoms in total. The van der Waals surface area contributed by atoms with Gasteiger partial charge < -0.3 is 15.0 Å². The Hall–Kier alpha value is -2.13. The molecule has 0 bridgehead atoms. The summed E-state index contributed by atoms with van der Waals surface area (Å²) < 4.78 is 4.53. The predicted octanol–water partition coefficient (Wildman–Crippen LogP) is 0.844. The normalized spacial score (nSPS) is 9.52. The van der Waals surface area contributed by atoms with Gasteiger partial charge in [0.1, 0.15) is 0 Å². The standard InChI is InChI=1S/C15H13NO3.Al.H2O/c16-14-11(9-13(17)18)7-4-8-12(14)15(19)10-5-2-1-3-6-10;;/h1-8H,9,16H2,(H,17,18);;1H2/q;+1;/p-1. The number of ketones is 1. The zero-order valence-electron chi connectivity index (χ0n) is 11.2. The molecule has 0 amide bonds. The predicted molar refractivity (Wildman–Crippen MR) is 79.9 cm³/mol. The average Bonchev–Trinajstić information content (AvgIpc) is 2.49. The number of carbonyl (C=O) groups excluding carboxylic acids is 2. The average molecular weight is 299 g/mol. The van der Waals surface area contributed by atoms with Crippen molar-refractivity contribution in [3.05, 3.63) is 65.2 Å². The Bertz CT molecular complexity index is 643. The molecule has 2 radical (unpaired) electrons. The smallest absolute Gasteiger partial charge is 0.484 e. The third kappa shape index (κ3) is 3.92. The van der Waals surface area contributed by atoms with Crippen LogP contribution in [0.25, 0.3) is 0 Å². The Kier molecular flexibility index (Phi) is 6.13. The first-order valence-electron chi connectivity index (χ1n) is 6.00. The van der Waals surface area contributed by atoms with E-state index in [0.717, 1.165) is 0 Å². The number of nitrogens with two attached hydrogens (primary N) is 1. The minimum Gasteiger partial charge on any atom is -0.628 e. The lowest BCUT2D eigenvalue weighted by atomic mass is 9.98. The van der Waals surface area contributed by atoms with Gasteiger partial charge >= 0.3 is 16.6 Å². The van der Waals surface area contributed by atoms with Gasteiger partial charge in [0.25, 0.3) is 5.97 Å². The number of carbonyl (C=O) groups is 2. The fourth-order valence-corrected chi connectivity index (χ4v) is 1.99. The number of hydrogen-bond acceptors (Lipinski definition) is 4. The number of para-hydroxylation sites is 1. The molecular weight excluding hydrogens is 285 g/mol. The molecule has 6 heteroatoms. The molecule has 21 heavy (non-hydrogen) atoms. The highest BCUT2D eigenvalue weighted by Crippen LogP contribution is 2.21. The summed E-state index contributed by atoms with van der Waals surface area (Å²) >= 11 is 1.90. The summed E-state index contributed by atoms with van der Waals surface area (Å²) in [5.74, 6) is -0.588. The van der Waals surface area contributed by atoms with Gasteiger partial charge in [-0.15, -0.1) is 0 Å². The highest BCUT2D eigenvalue weighted by atomic mass is 27.1. The Morgan fingerprint density at radius 2 is 1.71 bits per heavy atom. The fraction of sp³-hybridized carbons (Fsp3) is 0.0667. The third-order valence-electron chi connectivity index (χ3n) is 2.94. The van der Waals surface area contributed by atoms with Crippen LogP contribution in [0.5, 0.6) is 0 Å². The second kappa shape index (κ2) is 7.60. The van der Waals surface area contributed by atoms with Crippen molar-refractivity contribution in [1.82, 2.24) is 0 Å². The lowest BCUT2D eigenvalue weighted by Crippen LogP contribution is -2.11.